The van der Waals surface area contributed by atoms with Crippen LogP contribution in [0, 0.1) is 12.8 Å². The summed E-state index contributed by atoms with van der Waals surface area (Å²) >= 11 is 0. The van der Waals surface area contributed by atoms with E-state index >= 15 is 0 Å². The van der Waals surface area contributed by atoms with Crippen molar-refractivity contribution in [2.24, 2.45) is 5.92 Å². The van der Waals surface area contributed by atoms with Crippen LogP contribution in [-0.4, -0.2) is 79.2 Å². The van der Waals surface area contributed by atoms with Crippen molar-refractivity contribution in [2.75, 3.05) is 26.7 Å². The number of rotatable bonds is 6. The zero-order valence-corrected chi connectivity index (χ0v) is 22.3. The molecular formula is C27H38N6O4. The SMILES string of the molecule is Cc1nn2c(O)c(C(=O)NC3CC3)c(=O)n(CC(C)C)c2c1/C=C/C(=O)N1CCCC12CCN(C)CC2. The second kappa shape index (κ2) is 9.63. The molecule has 10 heteroatoms. The maximum atomic E-state index is 13.5. The van der Waals surface area contributed by atoms with Crippen LogP contribution in [0.2, 0.25) is 0 Å². The minimum absolute atomic E-state index is 0.0387. The average molecular weight is 511 g/mol. The van der Waals surface area contributed by atoms with E-state index in [1.807, 2.05) is 18.7 Å². The van der Waals surface area contributed by atoms with Gasteiger partial charge in [0.1, 0.15) is 5.65 Å². The summed E-state index contributed by atoms with van der Waals surface area (Å²) in [5.41, 5.74) is 0.610. The van der Waals surface area contributed by atoms with Crippen molar-refractivity contribution in [1.29, 1.82) is 0 Å². The van der Waals surface area contributed by atoms with Crippen LogP contribution in [0.3, 0.4) is 0 Å². The third kappa shape index (κ3) is 4.67. The minimum Gasteiger partial charge on any atom is -0.492 e. The van der Waals surface area contributed by atoms with Crippen molar-refractivity contribution < 1.29 is 14.7 Å². The molecule has 2 amide bonds. The van der Waals surface area contributed by atoms with E-state index < -0.39 is 17.3 Å². The molecule has 200 valence electrons. The number of hydrogen-bond acceptors (Lipinski definition) is 6. The first-order valence-corrected chi connectivity index (χ1v) is 13.5. The van der Waals surface area contributed by atoms with Gasteiger partial charge in [0.25, 0.3) is 11.5 Å². The van der Waals surface area contributed by atoms with Gasteiger partial charge in [-0.25, -0.2) is 0 Å². The summed E-state index contributed by atoms with van der Waals surface area (Å²) in [7, 11) is 2.12. The Morgan fingerprint density at radius 2 is 1.89 bits per heavy atom. The lowest BCUT2D eigenvalue weighted by Gasteiger charge is -2.43. The molecule has 1 spiro atoms. The number of nitrogens with zero attached hydrogens (tertiary/aromatic N) is 5. The summed E-state index contributed by atoms with van der Waals surface area (Å²) in [6, 6.07) is 0.0443. The first-order chi connectivity index (χ1) is 17.6. The van der Waals surface area contributed by atoms with Crippen molar-refractivity contribution in [3.05, 3.63) is 33.3 Å². The number of aromatic nitrogens is 3. The summed E-state index contributed by atoms with van der Waals surface area (Å²) in [5, 5.41) is 18.3. The van der Waals surface area contributed by atoms with Gasteiger partial charge in [-0.1, -0.05) is 13.8 Å². The van der Waals surface area contributed by atoms with Gasteiger partial charge in [-0.05, 0) is 64.5 Å². The highest BCUT2D eigenvalue weighted by Gasteiger charge is 2.44. The average Bonchev–Trinajstić information content (AvgIpc) is 3.46. The first-order valence-electron chi connectivity index (χ1n) is 13.5. The Bertz CT molecular complexity index is 1310. The summed E-state index contributed by atoms with van der Waals surface area (Å²) in [6.07, 6.45) is 9.02. The Labute approximate surface area is 216 Å². The molecule has 2 N–H and O–H groups in total. The van der Waals surface area contributed by atoms with Crippen molar-refractivity contribution in [2.45, 2.75) is 77.4 Å². The van der Waals surface area contributed by atoms with Crippen LogP contribution in [0.5, 0.6) is 5.88 Å². The first kappa shape index (κ1) is 25.5. The molecule has 0 bridgehead atoms. The van der Waals surface area contributed by atoms with Gasteiger partial charge in [0, 0.05) is 49.4 Å². The van der Waals surface area contributed by atoms with Gasteiger partial charge >= 0.3 is 0 Å². The zero-order chi connectivity index (χ0) is 26.5. The molecule has 3 aliphatic rings. The molecule has 10 nitrogen and oxygen atoms in total. The number of likely N-dealkylation sites (tertiary alicyclic amines) is 2. The van der Waals surface area contributed by atoms with Gasteiger partial charge in [-0.2, -0.15) is 9.61 Å². The fourth-order valence-corrected chi connectivity index (χ4v) is 5.86. The Morgan fingerprint density at radius 1 is 1.19 bits per heavy atom. The van der Waals surface area contributed by atoms with E-state index in [9.17, 15) is 19.5 Å². The lowest BCUT2D eigenvalue weighted by Crippen LogP contribution is -2.53. The normalized spacial score (nSPS) is 20.1. The Kier molecular flexibility index (Phi) is 6.64. The highest BCUT2D eigenvalue weighted by Crippen LogP contribution is 2.38. The molecule has 2 saturated heterocycles. The summed E-state index contributed by atoms with van der Waals surface area (Å²) in [4.78, 5) is 44.1. The molecule has 0 aromatic carbocycles. The monoisotopic (exact) mass is 510 g/mol. The van der Waals surface area contributed by atoms with Crippen LogP contribution < -0.4 is 10.9 Å². The van der Waals surface area contributed by atoms with E-state index in [4.69, 9.17) is 0 Å². The molecule has 37 heavy (non-hydrogen) atoms. The largest absolute Gasteiger partial charge is 0.492 e. The highest BCUT2D eigenvalue weighted by atomic mass is 16.3. The van der Waals surface area contributed by atoms with Crippen molar-refractivity contribution in [3.63, 3.8) is 0 Å². The smallest absolute Gasteiger partial charge is 0.270 e. The van der Waals surface area contributed by atoms with Gasteiger partial charge in [0.2, 0.25) is 11.8 Å². The maximum absolute atomic E-state index is 13.5. The number of nitrogens with one attached hydrogen (secondary N) is 1. The van der Waals surface area contributed by atoms with Gasteiger partial charge < -0.3 is 20.2 Å². The molecule has 0 unspecified atom stereocenters. The second-order valence-electron chi connectivity index (χ2n) is 11.4. The number of fused-ring (bicyclic) bond motifs is 1. The molecule has 2 aromatic rings. The number of amides is 2. The fourth-order valence-electron chi connectivity index (χ4n) is 5.86. The number of carbonyl (C=O) groups is 2. The zero-order valence-electron chi connectivity index (χ0n) is 22.3. The Hall–Kier alpha value is -3.14. The predicted molar refractivity (Wildman–Crippen MR) is 141 cm³/mol. The standard InChI is InChI=1S/C27H38N6O4/c1-17(2)16-31-24-20(8-9-21(34)32-13-5-10-27(32)11-14-30(4)15-12-27)18(3)29-33(24)26(37)22(25(31)36)23(35)28-19-6-7-19/h8-9,17,19,37H,5-7,10-16H2,1-4H3,(H,28,35)/b9-8+. The quantitative estimate of drug-likeness (QED) is 0.576. The summed E-state index contributed by atoms with van der Waals surface area (Å²) in [6.45, 7) is 8.80. The van der Waals surface area contributed by atoms with Crippen LogP contribution in [-0.2, 0) is 11.3 Å². The number of aryl methyl sites for hydroxylation is 1. The Balaban J connectivity index is 1.53. The number of piperidine rings is 1. The molecule has 3 fully saturated rings. The van der Waals surface area contributed by atoms with E-state index in [0.29, 0.717) is 23.4 Å². The Morgan fingerprint density at radius 3 is 2.54 bits per heavy atom. The van der Waals surface area contributed by atoms with Crippen LogP contribution >= 0.6 is 0 Å². The summed E-state index contributed by atoms with van der Waals surface area (Å²) in [5.74, 6) is -0.990. The third-order valence-corrected chi connectivity index (χ3v) is 8.08. The van der Waals surface area contributed by atoms with Crippen LogP contribution in [0.25, 0.3) is 11.7 Å². The van der Waals surface area contributed by atoms with E-state index in [-0.39, 0.29) is 29.0 Å². The van der Waals surface area contributed by atoms with E-state index in [0.717, 1.165) is 58.2 Å². The van der Waals surface area contributed by atoms with Crippen molar-refractivity contribution in [1.82, 2.24) is 29.3 Å². The number of aromatic hydroxyl groups is 1. The van der Waals surface area contributed by atoms with Crippen LogP contribution in [0.15, 0.2) is 10.9 Å². The van der Waals surface area contributed by atoms with Crippen LogP contribution in [0.4, 0.5) is 0 Å². The van der Waals surface area contributed by atoms with Gasteiger partial charge in [0.15, 0.2) is 5.56 Å². The fraction of sp³-hybridized carbons (Fsp3) is 0.630. The highest BCUT2D eigenvalue weighted by molar-refractivity contribution is 5.97. The molecule has 5 rings (SSSR count). The second-order valence-corrected chi connectivity index (χ2v) is 11.4. The van der Waals surface area contributed by atoms with Crippen molar-refractivity contribution in [3.8, 4) is 5.88 Å². The topological polar surface area (TPSA) is 112 Å². The van der Waals surface area contributed by atoms with Gasteiger partial charge in [-0.15, -0.1) is 0 Å². The van der Waals surface area contributed by atoms with E-state index in [1.54, 1.807) is 19.1 Å². The molecule has 0 radical (unpaired) electrons. The molecular weight excluding hydrogens is 472 g/mol. The molecule has 2 aromatic heterocycles. The molecule has 1 saturated carbocycles. The maximum Gasteiger partial charge on any atom is 0.270 e. The predicted octanol–water partition coefficient (Wildman–Crippen LogP) is 2.16. The lowest BCUT2D eigenvalue weighted by molar-refractivity contribution is -0.131. The van der Waals surface area contributed by atoms with E-state index in [1.165, 1.54) is 9.08 Å². The third-order valence-electron chi connectivity index (χ3n) is 8.08. The lowest BCUT2D eigenvalue weighted by atomic mass is 9.85. The van der Waals surface area contributed by atoms with Gasteiger partial charge in [0.05, 0.1) is 5.69 Å². The number of hydrogen-bond donors (Lipinski definition) is 2. The van der Waals surface area contributed by atoms with Gasteiger partial charge in [-0.3, -0.25) is 19.0 Å². The molecule has 0 atom stereocenters. The summed E-state index contributed by atoms with van der Waals surface area (Å²) < 4.78 is 2.77. The number of carbonyl (C=O) groups excluding carboxylic acids is 2. The molecule has 4 heterocycles. The van der Waals surface area contributed by atoms with Crippen molar-refractivity contribution >= 4 is 23.5 Å². The minimum atomic E-state index is -0.581. The van der Waals surface area contributed by atoms with E-state index in [2.05, 4.69) is 22.4 Å². The molecule has 1 aliphatic carbocycles. The van der Waals surface area contributed by atoms with Crippen LogP contribution in [0.1, 0.15) is 74.0 Å². The molecule has 2 aliphatic heterocycles.